The molecule has 1 heterocycles. The number of imidazole rings is 1. The van der Waals surface area contributed by atoms with Crippen molar-refractivity contribution in [3.05, 3.63) is 72.3 Å². The maximum atomic E-state index is 13.4. The zero-order chi connectivity index (χ0) is 18.8. The van der Waals surface area contributed by atoms with Crippen LogP contribution in [0.5, 0.6) is 0 Å². The van der Waals surface area contributed by atoms with Gasteiger partial charge in [0, 0.05) is 11.7 Å². The highest BCUT2D eigenvalue weighted by Crippen LogP contribution is 2.24. The van der Waals surface area contributed by atoms with Gasteiger partial charge in [-0.15, -0.1) is 0 Å². The second-order valence-corrected chi connectivity index (χ2v) is 6.78. The molecule has 0 bridgehead atoms. The minimum absolute atomic E-state index is 0.135. The van der Waals surface area contributed by atoms with Gasteiger partial charge in [0.2, 0.25) is 0 Å². The predicted molar refractivity (Wildman–Crippen MR) is 98.6 cm³/mol. The first-order chi connectivity index (χ1) is 13.1. The third-order valence-corrected chi connectivity index (χ3v) is 4.96. The van der Waals surface area contributed by atoms with Gasteiger partial charge >= 0.3 is 0 Å². The average Bonchev–Trinajstić information content (AvgIpc) is 3.36. The molecule has 138 valence electrons. The summed E-state index contributed by atoms with van der Waals surface area (Å²) in [7, 11) is 0. The molecule has 1 N–H and O–H groups in total. The molecule has 1 aromatic heterocycles. The van der Waals surface area contributed by atoms with Crippen molar-refractivity contribution < 1.29 is 13.6 Å². The Morgan fingerprint density at radius 1 is 1.00 bits per heavy atom. The van der Waals surface area contributed by atoms with E-state index in [4.69, 9.17) is 0 Å². The molecule has 1 saturated carbocycles. The summed E-state index contributed by atoms with van der Waals surface area (Å²) in [5, 5.41) is 3.06. The van der Waals surface area contributed by atoms with E-state index < -0.39 is 11.6 Å². The van der Waals surface area contributed by atoms with E-state index in [0.29, 0.717) is 11.3 Å². The Hall–Kier alpha value is -3.02. The number of rotatable bonds is 4. The molecule has 27 heavy (non-hydrogen) atoms. The maximum absolute atomic E-state index is 13.4. The van der Waals surface area contributed by atoms with Gasteiger partial charge in [-0.1, -0.05) is 31.0 Å². The van der Waals surface area contributed by atoms with Crippen molar-refractivity contribution >= 4 is 5.91 Å². The highest BCUT2D eigenvalue weighted by atomic mass is 19.2. The normalized spacial score (nSPS) is 14.4. The van der Waals surface area contributed by atoms with Crippen molar-refractivity contribution in [1.82, 2.24) is 14.9 Å². The molecule has 3 aromatic rings. The molecule has 0 aliphatic heterocycles. The van der Waals surface area contributed by atoms with Crippen LogP contribution < -0.4 is 5.32 Å². The van der Waals surface area contributed by atoms with Crippen LogP contribution in [0.25, 0.3) is 16.8 Å². The summed E-state index contributed by atoms with van der Waals surface area (Å²) in [6.45, 7) is 0. The summed E-state index contributed by atoms with van der Waals surface area (Å²) >= 11 is 0. The summed E-state index contributed by atoms with van der Waals surface area (Å²) < 4.78 is 28.3. The SMILES string of the molecule is O=C(NC1CCCC1)c1cncn1-c1ccc(-c2ccc(F)c(F)c2)cc1. The zero-order valence-electron chi connectivity index (χ0n) is 14.7. The molecule has 0 atom stereocenters. The van der Waals surface area contributed by atoms with Crippen LogP contribution in [0.1, 0.15) is 36.2 Å². The van der Waals surface area contributed by atoms with E-state index in [-0.39, 0.29) is 11.9 Å². The number of amides is 1. The number of nitrogens with one attached hydrogen (secondary N) is 1. The van der Waals surface area contributed by atoms with Crippen LogP contribution in [0, 0.1) is 11.6 Å². The minimum Gasteiger partial charge on any atom is -0.348 e. The van der Waals surface area contributed by atoms with E-state index in [9.17, 15) is 13.6 Å². The summed E-state index contributed by atoms with van der Waals surface area (Å²) in [6.07, 6.45) is 7.47. The van der Waals surface area contributed by atoms with Gasteiger partial charge in [0.25, 0.3) is 5.91 Å². The molecular weight excluding hydrogens is 348 g/mol. The van der Waals surface area contributed by atoms with E-state index in [2.05, 4.69) is 10.3 Å². The van der Waals surface area contributed by atoms with Crippen molar-refractivity contribution in [2.75, 3.05) is 0 Å². The van der Waals surface area contributed by atoms with Gasteiger partial charge in [0.05, 0.1) is 12.5 Å². The number of benzene rings is 2. The highest BCUT2D eigenvalue weighted by molar-refractivity contribution is 5.93. The van der Waals surface area contributed by atoms with Crippen molar-refractivity contribution in [2.24, 2.45) is 0 Å². The molecule has 0 saturated heterocycles. The summed E-state index contributed by atoms with van der Waals surface area (Å²) in [4.78, 5) is 16.7. The number of hydrogen-bond acceptors (Lipinski definition) is 2. The van der Waals surface area contributed by atoms with Gasteiger partial charge in [-0.3, -0.25) is 9.36 Å². The summed E-state index contributed by atoms with van der Waals surface area (Å²) in [6, 6.07) is 11.3. The molecular formula is C21H19F2N3O. The molecule has 0 radical (unpaired) electrons. The van der Waals surface area contributed by atoms with Crippen molar-refractivity contribution in [1.29, 1.82) is 0 Å². The Balaban J connectivity index is 1.56. The molecule has 1 aliphatic rings. The first kappa shape index (κ1) is 17.4. The third-order valence-electron chi connectivity index (χ3n) is 4.96. The lowest BCUT2D eigenvalue weighted by atomic mass is 10.1. The first-order valence-corrected chi connectivity index (χ1v) is 9.01. The molecule has 2 aromatic carbocycles. The van der Waals surface area contributed by atoms with Gasteiger partial charge in [-0.25, -0.2) is 13.8 Å². The first-order valence-electron chi connectivity index (χ1n) is 9.01. The fourth-order valence-electron chi connectivity index (χ4n) is 3.49. The molecule has 1 fully saturated rings. The van der Waals surface area contributed by atoms with Gasteiger partial charge < -0.3 is 5.32 Å². The Morgan fingerprint density at radius 2 is 1.70 bits per heavy atom. The number of hydrogen-bond donors (Lipinski definition) is 1. The lowest BCUT2D eigenvalue weighted by molar-refractivity contribution is 0.0931. The number of nitrogens with zero attached hydrogens (tertiary/aromatic N) is 2. The number of carbonyl (C=O) groups is 1. The van der Waals surface area contributed by atoms with Crippen LogP contribution >= 0.6 is 0 Å². The van der Waals surface area contributed by atoms with Crippen LogP contribution in [0.3, 0.4) is 0 Å². The summed E-state index contributed by atoms with van der Waals surface area (Å²) in [5.41, 5.74) is 2.60. The predicted octanol–water partition coefficient (Wildman–Crippen LogP) is 4.49. The smallest absolute Gasteiger partial charge is 0.270 e. The monoisotopic (exact) mass is 367 g/mol. The van der Waals surface area contributed by atoms with Crippen molar-refractivity contribution in [2.45, 2.75) is 31.7 Å². The van der Waals surface area contributed by atoms with Gasteiger partial charge in [0.1, 0.15) is 5.69 Å². The number of carbonyl (C=O) groups excluding carboxylic acids is 1. The van der Waals surface area contributed by atoms with Gasteiger partial charge in [0.15, 0.2) is 11.6 Å². The standard InChI is InChI=1S/C21H19F2N3O/c22-18-10-7-15(11-19(18)23)14-5-8-17(9-6-14)26-13-24-12-20(26)21(27)25-16-3-1-2-4-16/h5-13,16H,1-4H2,(H,25,27). The summed E-state index contributed by atoms with van der Waals surface area (Å²) in [5.74, 6) is -1.88. The molecule has 4 rings (SSSR count). The molecule has 0 unspecified atom stereocenters. The molecule has 4 nitrogen and oxygen atoms in total. The zero-order valence-corrected chi connectivity index (χ0v) is 14.7. The average molecular weight is 367 g/mol. The highest BCUT2D eigenvalue weighted by Gasteiger charge is 2.20. The topological polar surface area (TPSA) is 46.9 Å². The number of aromatic nitrogens is 2. The molecule has 0 spiro atoms. The molecule has 6 heteroatoms. The quantitative estimate of drug-likeness (QED) is 0.739. The van der Waals surface area contributed by atoms with Crippen molar-refractivity contribution in [3.63, 3.8) is 0 Å². The van der Waals surface area contributed by atoms with Gasteiger partial charge in [-0.05, 0) is 48.2 Å². The fraction of sp³-hybridized carbons (Fsp3) is 0.238. The van der Waals surface area contributed by atoms with Crippen LogP contribution in [0.2, 0.25) is 0 Å². The van der Waals surface area contributed by atoms with Crippen LogP contribution in [-0.2, 0) is 0 Å². The Bertz CT molecular complexity index is 960. The maximum Gasteiger partial charge on any atom is 0.270 e. The van der Waals surface area contributed by atoms with Crippen molar-refractivity contribution in [3.8, 4) is 16.8 Å². The molecule has 1 amide bonds. The van der Waals surface area contributed by atoms with Crippen LogP contribution in [0.4, 0.5) is 8.78 Å². The van der Waals surface area contributed by atoms with E-state index in [0.717, 1.165) is 43.0 Å². The Morgan fingerprint density at radius 3 is 2.41 bits per heavy atom. The van der Waals surface area contributed by atoms with E-state index in [1.165, 1.54) is 12.1 Å². The van der Waals surface area contributed by atoms with Crippen LogP contribution in [-0.4, -0.2) is 21.5 Å². The van der Waals surface area contributed by atoms with Gasteiger partial charge in [-0.2, -0.15) is 0 Å². The second kappa shape index (κ2) is 7.31. The van der Waals surface area contributed by atoms with Crippen LogP contribution in [0.15, 0.2) is 55.0 Å². The van der Waals surface area contributed by atoms with E-state index >= 15 is 0 Å². The van der Waals surface area contributed by atoms with E-state index in [1.807, 2.05) is 12.1 Å². The molecule has 1 aliphatic carbocycles. The largest absolute Gasteiger partial charge is 0.348 e. The second-order valence-electron chi connectivity index (χ2n) is 6.78. The number of halogens is 2. The Kier molecular flexibility index (Phi) is 4.71. The Labute approximate surface area is 155 Å². The van der Waals surface area contributed by atoms with E-state index in [1.54, 1.807) is 29.2 Å². The third kappa shape index (κ3) is 3.60. The minimum atomic E-state index is -0.878. The lowest BCUT2D eigenvalue weighted by Gasteiger charge is -2.13. The lowest BCUT2D eigenvalue weighted by Crippen LogP contribution is -2.33. The fourth-order valence-corrected chi connectivity index (χ4v) is 3.49.